The molecular weight excluding hydrogens is 396 g/mol. The zero-order chi connectivity index (χ0) is 13.0. The molecule has 0 fully saturated rings. The van der Waals surface area contributed by atoms with Crippen LogP contribution in [0.4, 0.5) is 10.1 Å². The van der Waals surface area contributed by atoms with Crippen LogP contribution >= 0.6 is 55.2 Å². The van der Waals surface area contributed by atoms with Crippen LogP contribution in [-0.4, -0.2) is 11.4 Å². The van der Waals surface area contributed by atoms with Crippen molar-refractivity contribution in [3.63, 3.8) is 0 Å². The van der Waals surface area contributed by atoms with Crippen molar-refractivity contribution in [2.45, 2.75) is 0 Å². The van der Waals surface area contributed by atoms with E-state index in [1.807, 2.05) is 0 Å². The van der Waals surface area contributed by atoms with Crippen LogP contribution in [0.5, 0.6) is 0 Å². The molecule has 0 radical (unpaired) electrons. The number of aliphatic imine (C=N–C) groups is 1. The van der Waals surface area contributed by atoms with Gasteiger partial charge in [-0.1, -0.05) is 23.4 Å². The summed E-state index contributed by atoms with van der Waals surface area (Å²) < 4.78 is 14.2. The molecular formula is C9H5Br2ClFN3S. The van der Waals surface area contributed by atoms with Gasteiger partial charge < -0.3 is 0 Å². The highest BCUT2D eigenvalue weighted by Gasteiger charge is 2.14. The lowest BCUT2D eigenvalue weighted by Gasteiger charge is -2.06. The van der Waals surface area contributed by atoms with Crippen LogP contribution in [0, 0.1) is 17.3 Å². The fourth-order valence-corrected chi connectivity index (χ4v) is 3.01. The Kier molecular flexibility index (Phi) is 5.73. The van der Waals surface area contributed by atoms with Crippen molar-refractivity contribution < 1.29 is 4.39 Å². The zero-order valence-electron chi connectivity index (χ0n) is 8.39. The van der Waals surface area contributed by atoms with Gasteiger partial charge in [-0.2, -0.15) is 5.26 Å². The molecule has 0 unspecified atom stereocenters. The number of nitrogens with one attached hydrogen (secondary N) is 1. The molecule has 17 heavy (non-hydrogen) atoms. The van der Waals surface area contributed by atoms with Gasteiger partial charge in [0.25, 0.3) is 0 Å². The van der Waals surface area contributed by atoms with Crippen molar-refractivity contribution in [1.82, 2.24) is 5.32 Å². The van der Waals surface area contributed by atoms with E-state index in [4.69, 9.17) is 16.9 Å². The average Bonchev–Trinajstić information content (AvgIpc) is 2.30. The Morgan fingerprint density at radius 3 is 2.82 bits per heavy atom. The standard InChI is InChI=1S/C9H5Br2ClFN3S/c1-17-9(15-3-14)16-8-4(10)2-5(12)7(13)6(8)11/h2H,1H3,(H,15,16). The van der Waals surface area contributed by atoms with Crippen molar-refractivity contribution in [2.24, 2.45) is 4.99 Å². The number of hydrogen-bond donors (Lipinski definition) is 1. The number of rotatable bonds is 1. The Labute approximate surface area is 124 Å². The van der Waals surface area contributed by atoms with Gasteiger partial charge in [0.1, 0.15) is 0 Å². The first-order valence-electron chi connectivity index (χ1n) is 4.12. The molecule has 0 spiro atoms. The molecule has 8 heteroatoms. The molecule has 0 aliphatic rings. The van der Waals surface area contributed by atoms with Crippen LogP contribution in [0.3, 0.4) is 0 Å². The van der Waals surface area contributed by atoms with E-state index in [-0.39, 0.29) is 9.50 Å². The van der Waals surface area contributed by atoms with Crippen molar-refractivity contribution in [3.8, 4) is 6.19 Å². The molecule has 90 valence electrons. The second kappa shape index (κ2) is 6.59. The van der Waals surface area contributed by atoms with Crippen LogP contribution in [0.2, 0.25) is 5.02 Å². The topological polar surface area (TPSA) is 48.2 Å². The lowest BCUT2D eigenvalue weighted by molar-refractivity contribution is 0.621. The van der Waals surface area contributed by atoms with E-state index in [0.29, 0.717) is 15.3 Å². The minimum absolute atomic E-state index is 0.0124. The number of halogens is 4. The molecule has 0 heterocycles. The van der Waals surface area contributed by atoms with E-state index in [0.717, 1.165) is 0 Å². The van der Waals surface area contributed by atoms with Gasteiger partial charge in [-0.15, -0.1) is 0 Å². The predicted molar refractivity (Wildman–Crippen MR) is 76.2 cm³/mol. The lowest BCUT2D eigenvalue weighted by atomic mass is 10.3. The molecule has 0 aliphatic heterocycles. The molecule has 0 saturated carbocycles. The van der Waals surface area contributed by atoms with Crippen LogP contribution in [0.15, 0.2) is 20.0 Å². The van der Waals surface area contributed by atoms with Gasteiger partial charge in [-0.25, -0.2) is 9.38 Å². The number of nitriles is 1. The summed E-state index contributed by atoms with van der Waals surface area (Å²) in [6.07, 6.45) is 3.50. The summed E-state index contributed by atoms with van der Waals surface area (Å²) in [5, 5.41) is 11.2. The van der Waals surface area contributed by atoms with Gasteiger partial charge in [-0.05, 0) is 44.2 Å². The number of nitrogens with zero attached hydrogens (tertiary/aromatic N) is 2. The third-order valence-corrected chi connectivity index (χ3v) is 3.84. The van der Waals surface area contributed by atoms with Crippen LogP contribution in [-0.2, 0) is 0 Å². The van der Waals surface area contributed by atoms with Gasteiger partial charge in [0.15, 0.2) is 17.2 Å². The molecule has 0 amide bonds. The smallest absolute Gasteiger partial charge is 0.183 e. The Morgan fingerprint density at radius 2 is 2.29 bits per heavy atom. The maximum Gasteiger partial charge on any atom is 0.183 e. The molecule has 1 rings (SSSR count). The van der Waals surface area contributed by atoms with Gasteiger partial charge in [0, 0.05) is 4.47 Å². The summed E-state index contributed by atoms with van der Waals surface area (Å²) >= 11 is 13.2. The first kappa shape index (κ1) is 14.8. The molecule has 0 bridgehead atoms. The quantitative estimate of drug-likeness (QED) is 0.189. The third-order valence-electron chi connectivity index (χ3n) is 1.66. The number of amidine groups is 1. The van der Waals surface area contributed by atoms with Gasteiger partial charge in [0.2, 0.25) is 0 Å². The fourth-order valence-electron chi connectivity index (χ4n) is 0.933. The summed E-state index contributed by atoms with van der Waals surface area (Å²) in [6.45, 7) is 0. The molecule has 0 saturated heterocycles. The highest BCUT2D eigenvalue weighted by molar-refractivity contribution is 9.11. The van der Waals surface area contributed by atoms with Gasteiger partial charge in [0.05, 0.1) is 15.2 Å². The maximum absolute atomic E-state index is 13.6. The summed E-state index contributed by atoms with van der Waals surface area (Å²) in [5.41, 5.74) is 0.332. The minimum atomic E-state index is -0.592. The number of hydrogen-bond acceptors (Lipinski definition) is 3. The summed E-state index contributed by atoms with van der Waals surface area (Å²) in [6, 6.07) is 1.41. The van der Waals surface area contributed by atoms with Gasteiger partial charge >= 0.3 is 0 Å². The molecule has 0 atom stereocenters. The van der Waals surface area contributed by atoms with E-state index < -0.39 is 5.82 Å². The molecule has 1 aromatic carbocycles. The number of benzene rings is 1. The van der Waals surface area contributed by atoms with Crippen LogP contribution in [0.1, 0.15) is 0 Å². The maximum atomic E-state index is 13.6. The predicted octanol–water partition coefficient (Wildman–Crippen LogP) is 4.43. The fraction of sp³-hybridized carbons (Fsp3) is 0.111. The summed E-state index contributed by atoms with van der Waals surface area (Å²) in [5.74, 6) is -0.592. The lowest BCUT2D eigenvalue weighted by Crippen LogP contribution is -2.12. The molecule has 1 N–H and O–H groups in total. The Hall–Kier alpha value is -0.290. The van der Waals surface area contributed by atoms with Gasteiger partial charge in [-0.3, -0.25) is 5.32 Å². The minimum Gasteiger partial charge on any atom is -0.271 e. The van der Waals surface area contributed by atoms with E-state index in [9.17, 15) is 4.39 Å². The highest BCUT2D eigenvalue weighted by Crippen LogP contribution is 2.39. The Balaban J connectivity index is 3.33. The zero-order valence-corrected chi connectivity index (χ0v) is 13.1. The molecule has 1 aromatic rings. The normalized spacial score (nSPS) is 11.2. The van der Waals surface area contributed by atoms with Crippen molar-refractivity contribution in [3.05, 3.63) is 25.9 Å². The number of thioether (sulfide) groups is 1. The molecule has 3 nitrogen and oxygen atoms in total. The molecule has 0 aliphatic carbocycles. The van der Waals surface area contributed by atoms with E-state index in [1.54, 1.807) is 12.4 Å². The SMILES string of the molecule is CSC(=Nc1c(Br)cc(Cl)c(F)c1Br)NC#N. The second-order valence-corrected chi connectivity index (χ2v) is 5.52. The van der Waals surface area contributed by atoms with E-state index in [2.05, 4.69) is 42.2 Å². The molecule has 0 aromatic heterocycles. The van der Waals surface area contributed by atoms with Crippen LogP contribution in [0.25, 0.3) is 0 Å². The van der Waals surface area contributed by atoms with E-state index >= 15 is 0 Å². The van der Waals surface area contributed by atoms with Crippen LogP contribution < -0.4 is 5.32 Å². The summed E-state index contributed by atoms with van der Waals surface area (Å²) in [4.78, 5) is 4.12. The Morgan fingerprint density at radius 1 is 1.65 bits per heavy atom. The highest BCUT2D eigenvalue weighted by atomic mass is 79.9. The first-order valence-corrected chi connectivity index (χ1v) is 7.31. The van der Waals surface area contributed by atoms with Crippen molar-refractivity contribution in [1.29, 1.82) is 5.26 Å². The van der Waals surface area contributed by atoms with Crippen molar-refractivity contribution >= 4 is 66.1 Å². The monoisotopic (exact) mass is 399 g/mol. The largest absolute Gasteiger partial charge is 0.271 e. The summed E-state index contributed by atoms with van der Waals surface area (Å²) in [7, 11) is 0. The Bertz CT molecular complexity index is 516. The van der Waals surface area contributed by atoms with E-state index in [1.165, 1.54) is 17.8 Å². The first-order chi connectivity index (χ1) is 8.01. The third kappa shape index (κ3) is 3.58. The van der Waals surface area contributed by atoms with Crippen molar-refractivity contribution in [2.75, 3.05) is 6.26 Å². The second-order valence-electron chi connectivity index (χ2n) is 2.67. The average molecular weight is 401 g/mol.